The molecule has 5 amide bonds. The van der Waals surface area contributed by atoms with Crippen molar-refractivity contribution < 1.29 is 74.6 Å². The van der Waals surface area contributed by atoms with E-state index in [2.05, 4.69) is 20.9 Å². The molecule has 0 aliphatic rings. The summed E-state index contributed by atoms with van der Waals surface area (Å²) in [5.41, 5.74) is 28.9. The zero-order valence-electron chi connectivity index (χ0n) is 22.7. The number of carboxylic acids is 1. The summed E-state index contributed by atoms with van der Waals surface area (Å²) in [5.74, 6) is -6.09. The Bertz CT molecular complexity index is 949. The summed E-state index contributed by atoms with van der Waals surface area (Å²) in [5, 5.41) is 17.5. The summed E-state index contributed by atoms with van der Waals surface area (Å²) in [7, 11) is 0. The van der Waals surface area contributed by atoms with Crippen LogP contribution in [0.15, 0.2) is 0 Å². The van der Waals surface area contributed by atoms with Crippen LogP contribution in [0.3, 0.4) is 0 Å². The van der Waals surface area contributed by atoms with E-state index in [0.717, 1.165) is 0 Å². The van der Waals surface area contributed by atoms with E-state index in [1.807, 2.05) is 0 Å². The molecule has 0 aromatic heterocycles. The van der Waals surface area contributed by atoms with E-state index in [9.17, 15) is 38.7 Å². The molecule has 0 aliphatic heterocycles. The van der Waals surface area contributed by atoms with Gasteiger partial charge in [-0.1, -0.05) is 0 Å². The van der Waals surface area contributed by atoms with E-state index < -0.39 is 91.6 Å². The second-order valence-electron chi connectivity index (χ2n) is 8.26. The Morgan fingerprint density at radius 3 is 1.92 bits per heavy atom. The monoisotopic (exact) mass is 567 g/mol. The van der Waals surface area contributed by atoms with Crippen LogP contribution in [0.25, 0.3) is 0 Å². The molecule has 0 saturated heterocycles. The average Bonchev–Trinajstić information content (AvgIpc) is 2.83. The molecule has 0 spiro atoms. The Morgan fingerprint density at radius 1 is 0.846 bits per heavy atom. The van der Waals surface area contributed by atoms with Gasteiger partial charge in [0.2, 0.25) is 29.5 Å². The molecule has 0 fully saturated rings. The SMILES string of the molecule is [3H]C(=O)CCC(NC(=O)C(CCC(=O)NC(CCC[NH+]=C(N)N)C(N)=O)NC(=O)C([NH])CCC(=O)[O-])C(N)=O.[Na+]. The maximum Gasteiger partial charge on any atom is 1.00 e. The molecule has 0 aromatic carbocycles. The number of carboxylic acid groups (broad SMARTS) is 1. The first-order valence-electron chi connectivity index (χ1n) is 12.1. The van der Waals surface area contributed by atoms with Crippen LogP contribution >= 0.6 is 0 Å². The second-order valence-corrected chi connectivity index (χ2v) is 8.26. The van der Waals surface area contributed by atoms with Gasteiger partial charge in [-0.15, -0.1) is 0 Å². The van der Waals surface area contributed by atoms with Gasteiger partial charge in [0, 0.05) is 18.8 Å². The maximum absolute atomic E-state index is 12.8. The number of nitrogens with one attached hydrogen (secondary N) is 5. The number of nitrogens with two attached hydrogens (primary N) is 4. The van der Waals surface area contributed by atoms with Gasteiger partial charge in [-0.05, 0) is 38.5 Å². The number of hydrogen-bond donors (Lipinski definition) is 8. The van der Waals surface area contributed by atoms with Gasteiger partial charge < -0.3 is 42.1 Å². The van der Waals surface area contributed by atoms with Gasteiger partial charge in [-0.2, -0.15) is 0 Å². The van der Waals surface area contributed by atoms with E-state index in [1.54, 1.807) is 0 Å². The molecule has 0 saturated carbocycles. The van der Waals surface area contributed by atoms with Crippen molar-refractivity contribution >= 4 is 47.7 Å². The zero-order valence-corrected chi connectivity index (χ0v) is 23.7. The molecule has 4 atom stereocenters. The minimum atomic E-state index is -1.59. The first-order valence-corrected chi connectivity index (χ1v) is 11.6. The Kier molecular flexibility index (Phi) is 18.9. The van der Waals surface area contributed by atoms with E-state index >= 15 is 0 Å². The summed E-state index contributed by atoms with van der Waals surface area (Å²) in [6.07, 6.45) is -3.00. The van der Waals surface area contributed by atoms with Crippen LogP contribution in [0, 0.1) is 0 Å². The molecule has 39 heavy (non-hydrogen) atoms. The van der Waals surface area contributed by atoms with Gasteiger partial charge in [-0.25, -0.2) is 5.73 Å². The Balaban J connectivity index is 0. The van der Waals surface area contributed by atoms with E-state index in [1.165, 1.54) is 0 Å². The summed E-state index contributed by atoms with van der Waals surface area (Å²) in [4.78, 5) is 85.2. The summed E-state index contributed by atoms with van der Waals surface area (Å²) in [6, 6.07) is -5.53. The van der Waals surface area contributed by atoms with Crippen LogP contribution in [0.5, 0.6) is 0 Å². The molecule has 0 aromatic rings. The number of guanidine groups is 1. The maximum atomic E-state index is 12.8. The number of hydrogen-bond acceptors (Lipinski definition) is 8. The third-order valence-corrected chi connectivity index (χ3v) is 5.12. The fourth-order valence-electron chi connectivity index (χ4n) is 3.06. The average molecular weight is 568 g/mol. The van der Waals surface area contributed by atoms with Crippen LogP contribution in [-0.4, -0.2) is 78.4 Å². The number of rotatable bonds is 20. The zero-order chi connectivity index (χ0) is 30.1. The third kappa shape index (κ3) is 17.8. The molecule has 0 aliphatic carbocycles. The first kappa shape index (κ1) is 35.7. The molecule has 0 bridgehead atoms. The molecule has 4 unspecified atom stereocenters. The number of amides is 5. The Morgan fingerprint density at radius 2 is 1.41 bits per heavy atom. The van der Waals surface area contributed by atoms with Crippen LogP contribution in [-0.2, 0) is 33.6 Å². The van der Waals surface area contributed by atoms with Crippen molar-refractivity contribution in [3.63, 3.8) is 0 Å². The quantitative estimate of drug-likeness (QED) is 0.0226. The summed E-state index contributed by atoms with van der Waals surface area (Å²) in [6.45, 7) is 0.301. The Labute approximate surface area is 248 Å². The van der Waals surface area contributed by atoms with Gasteiger partial charge in [0.05, 0.1) is 6.54 Å². The summed E-state index contributed by atoms with van der Waals surface area (Å²) < 4.78 is 6.94. The topological polar surface area (TPSA) is 320 Å². The number of carbonyl (C=O) groups excluding carboxylic acids is 7. The van der Waals surface area contributed by atoms with Crippen LogP contribution in [0.4, 0.5) is 0 Å². The number of aliphatic carboxylic acids is 1. The molecule has 0 heterocycles. The van der Waals surface area contributed by atoms with Crippen molar-refractivity contribution in [2.75, 3.05) is 6.54 Å². The van der Waals surface area contributed by atoms with Crippen molar-refractivity contribution in [3.05, 3.63) is 0 Å². The van der Waals surface area contributed by atoms with Crippen molar-refractivity contribution in [2.45, 2.75) is 75.5 Å². The molecule has 18 heteroatoms. The molecule has 0 rings (SSSR count). The van der Waals surface area contributed by atoms with E-state index in [-0.39, 0.29) is 54.8 Å². The van der Waals surface area contributed by atoms with E-state index in [0.29, 0.717) is 13.0 Å². The molecular formula is C21H36N9NaO8+. The second kappa shape index (κ2) is 20.7. The van der Waals surface area contributed by atoms with Crippen molar-refractivity contribution in [1.82, 2.24) is 21.7 Å². The Hall–Kier alpha value is -3.28. The molecule has 17 nitrogen and oxygen atoms in total. The predicted octanol–water partition coefficient (Wildman–Crippen LogP) is -10.5. The van der Waals surface area contributed by atoms with Gasteiger partial charge >= 0.3 is 35.5 Å². The predicted molar refractivity (Wildman–Crippen MR) is 128 cm³/mol. The molecule has 1 radical (unpaired) electrons. The normalized spacial score (nSPS) is 13.6. The molecule has 213 valence electrons. The molecular weight excluding hydrogens is 529 g/mol. The van der Waals surface area contributed by atoms with Gasteiger partial charge in [0.15, 0.2) is 0 Å². The minimum Gasteiger partial charge on any atom is -0.550 e. The van der Waals surface area contributed by atoms with Crippen LogP contribution < -0.4 is 84.3 Å². The van der Waals surface area contributed by atoms with Crippen LogP contribution in [0.1, 0.15) is 52.7 Å². The fourth-order valence-corrected chi connectivity index (χ4v) is 3.06. The number of primary amides is 2. The van der Waals surface area contributed by atoms with Gasteiger partial charge in [-0.3, -0.25) is 40.4 Å². The largest absolute Gasteiger partial charge is 1.00 e. The molecule has 13 N–H and O–H groups in total. The standard InChI is InChI=1S/C21H36N9O8.Na/c22-11(5-8-16(33)34)19(37)30-14(20(38)29-13(18(24)36)4-2-10-31)6-7-15(32)28-12(17(23)35)3-1-9-27-21(25)26;/h10-14,22H,1-9H2,(H2,23,35)(H2,24,36)(H,28,32)(H,29,38)(H,30,37)(H,33,34)(H4,25,26,27);/q;+1/i10T;. The van der Waals surface area contributed by atoms with Crippen molar-refractivity contribution in [3.8, 4) is 0 Å². The number of carbonyl (C=O) groups is 7. The first-order chi connectivity index (χ1) is 18.1. The van der Waals surface area contributed by atoms with Crippen molar-refractivity contribution in [2.24, 2.45) is 22.9 Å². The van der Waals surface area contributed by atoms with E-state index in [4.69, 9.17) is 30.0 Å². The van der Waals surface area contributed by atoms with Gasteiger partial charge in [0.1, 0.15) is 31.8 Å². The fraction of sp³-hybridized carbons (Fsp3) is 0.619. The van der Waals surface area contributed by atoms with Gasteiger partial charge in [0.25, 0.3) is 0 Å². The smallest absolute Gasteiger partial charge is 0.550 e. The minimum absolute atomic E-state index is 0. The van der Waals surface area contributed by atoms with Crippen molar-refractivity contribution in [1.29, 1.82) is 0 Å². The summed E-state index contributed by atoms with van der Waals surface area (Å²) >= 11 is 0. The number of aldehydes is 1. The van der Waals surface area contributed by atoms with Crippen LogP contribution in [0.2, 0.25) is 0 Å². The third-order valence-electron chi connectivity index (χ3n) is 5.12.